The minimum absolute atomic E-state index is 0. The van der Waals surface area contributed by atoms with Crippen molar-refractivity contribution in [2.45, 2.75) is 0 Å². The van der Waals surface area contributed by atoms with Crippen LogP contribution in [0.4, 0.5) is 0 Å². The van der Waals surface area contributed by atoms with Crippen molar-refractivity contribution < 1.29 is 72.3 Å². The molecule has 4 radical (unpaired) electrons. The van der Waals surface area contributed by atoms with Crippen molar-refractivity contribution in [2.24, 2.45) is 0 Å². The Hall–Kier alpha value is 2.78. The second-order valence-electron chi connectivity index (χ2n) is 0. The molecule has 0 atom stereocenters. The van der Waals surface area contributed by atoms with Crippen LogP contribution >= 0.6 is 0 Å². The van der Waals surface area contributed by atoms with Gasteiger partial charge in [-0.25, -0.2) is 0 Å². The summed E-state index contributed by atoms with van der Waals surface area (Å²) in [6, 6.07) is 0. The Morgan fingerprint density at radius 3 is 1.00 bits per heavy atom. The van der Waals surface area contributed by atoms with Crippen molar-refractivity contribution in [3.05, 3.63) is 0 Å². The average molecular weight is 253 g/mol. The monoisotopic (exact) mass is 252 g/mol. The van der Waals surface area contributed by atoms with E-state index in [0.717, 1.165) is 0 Å². The number of hydrogen-bond donors (Lipinski definition) is 0. The van der Waals surface area contributed by atoms with Crippen molar-refractivity contribution >= 4 is 17.4 Å². The smallest absolute Gasteiger partial charge is 0 e. The molecule has 0 aromatic rings. The summed E-state index contributed by atoms with van der Waals surface area (Å²) >= 11 is 0. The molecule has 0 heterocycles. The fraction of sp³-hybridized carbons (Fsp3) is 0. The first-order valence-corrected chi connectivity index (χ1v) is 0. The van der Waals surface area contributed by atoms with E-state index in [9.17, 15) is 0 Å². The molecule has 0 spiro atoms. The van der Waals surface area contributed by atoms with Crippen molar-refractivity contribution in [1.82, 2.24) is 0 Å². The van der Waals surface area contributed by atoms with Crippen molar-refractivity contribution in [3.63, 3.8) is 0 Å². The van der Waals surface area contributed by atoms with E-state index >= 15 is 0 Å². The minimum atomic E-state index is 0. The molecule has 5 heteroatoms. The van der Waals surface area contributed by atoms with Gasteiger partial charge in [0.1, 0.15) is 0 Å². The first kappa shape index (κ1) is 46.3. The molecule has 0 unspecified atom stereocenters. The van der Waals surface area contributed by atoms with Gasteiger partial charge in [-0.15, -0.1) is 0 Å². The van der Waals surface area contributed by atoms with Crippen LogP contribution in [0.25, 0.3) is 0 Å². The van der Waals surface area contributed by atoms with E-state index < -0.39 is 0 Å². The first-order valence-electron chi connectivity index (χ1n) is 0. The van der Waals surface area contributed by atoms with Crippen LogP contribution in [-0.4, -0.2) is 17.4 Å². The maximum absolute atomic E-state index is 0. The third kappa shape index (κ3) is 20.0. The first-order chi connectivity index (χ1) is 0. The van der Waals surface area contributed by atoms with Crippen LogP contribution in [0.5, 0.6) is 0 Å². The van der Waals surface area contributed by atoms with Crippen molar-refractivity contribution in [2.75, 3.05) is 0 Å². The third-order valence-electron chi connectivity index (χ3n) is 0. The van der Waals surface area contributed by atoms with Gasteiger partial charge in [-0.3, -0.25) is 0 Å². The Labute approximate surface area is 88.5 Å². The summed E-state index contributed by atoms with van der Waals surface area (Å²) < 4.78 is 0. The topological polar surface area (TPSA) is 0 Å². The predicted octanol–water partition coefficient (Wildman–Crippen LogP) is -0.391. The Bertz CT molecular complexity index is 11.6. The fourth-order valence-corrected chi connectivity index (χ4v) is 0. The van der Waals surface area contributed by atoms with Crippen molar-refractivity contribution in [3.8, 4) is 0 Å². The van der Waals surface area contributed by atoms with Crippen molar-refractivity contribution in [1.29, 1.82) is 0 Å². The van der Waals surface area contributed by atoms with E-state index in [4.69, 9.17) is 0 Å². The van der Waals surface area contributed by atoms with Crippen LogP contribution < -0.4 is 0 Å². The van der Waals surface area contributed by atoms with Gasteiger partial charge in [0.05, 0.1) is 0 Å². The van der Waals surface area contributed by atoms with E-state index in [1.165, 1.54) is 0 Å². The molecule has 0 fully saturated rings. The maximum atomic E-state index is 0. The molecular formula is AlCuFeNiTi. The Morgan fingerprint density at radius 2 is 1.00 bits per heavy atom. The molecule has 36 valence electrons. The van der Waals surface area contributed by atoms with E-state index in [2.05, 4.69) is 0 Å². The third-order valence-corrected chi connectivity index (χ3v) is 0. The molecular weight excluding hydrogens is 253 g/mol. The zero-order valence-corrected chi connectivity index (χ0v) is 7.80. The predicted molar refractivity (Wildman–Crippen MR) is 5.75 cm³/mol. The molecule has 0 N–H and O–H groups in total. The normalized spacial score (nSPS) is 0. The van der Waals surface area contributed by atoms with Crippen LogP contribution in [0.2, 0.25) is 0 Å². The average Bonchev–Trinajstić information content (AvgIpc) is 0. The van der Waals surface area contributed by atoms with Crippen LogP contribution in [0, 0.1) is 0 Å². The van der Waals surface area contributed by atoms with Gasteiger partial charge in [0.2, 0.25) is 0 Å². The van der Waals surface area contributed by atoms with E-state index in [1.807, 2.05) is 0 Å². The minimum Gasteiger partial charge on any atom is 0 e. The van der Waals surface area contributed by atoms with E-state index in [-0.39, 0.29) is 89.7 Å². The molecule has 0 saturated heterocycles. The second-order valence-corrected chi connectivity index (χ2v) is 0. The Kier molecular flexibility index (Phi) is 271. The zero-order chi connectivity index (χ0) is 0. The number of rotatable bonds is 0. The summed E-state index contributed by atoms with van der Waals surface area (Å²) in [5.41, 5.74) is 0. The zero-order valence-electron chi connectivity index (χ0n) is 2.05. The van der Waals surface area contributed by atoms with E-state index in [1.54, 1.807) is 0 Å². The van der Waals surface area contributed by atoms with Crippen LogP contribution in [0.3, 0.4) is 0 Å². The molecule has 0 nitrogen and oxygen atoms in total. The molecule has 0 aromatic carbocycles. The SMILES string of the molecule is [Al].[Cu].[Fe].[Ni].[Ti]. The molecule has 0 aromatic heterocycles. The van der Waals surface area contributed by atoms with Gasteiger partial charge in [0.25, 0.3) is 0 Å². The molecule has 5 heavy (non-hydrogen) atoms. The van der Waals surface area contributed by atoms with Crippen LogP contribution in [0.15, 0.2) is 0 Å². The van der Waals surface area contributed by atoms with Gasteiger partial charge in [0, 0.05) is 89.7 Å². The number of hydrogen-bond acceptors (Lipinski definition) is 0. The molecule has 0 aliphatic rings. The summed E-state index contributed by atoms with van der Waals surface area (Å²) in [5, 5.41) is 0. The van der Waals surface area contributed by atoms with Crippen LogP contribution in [0.1, 0.15) is 0 Å². The van der Waals surface area contributed by atoms with Gasteiger partial charge in [-0.1, -0.05) is 0 Å². The fourth-order valence-electron chi connectivity index (χ4n) is 0. The summed E-state index contributed by atoms with van der Waals surface area (Å²) in [4.78, 5) is 0. The molecule has 0 bridgehead atoms. The summed E-state index contributed by atoms with van der Waals surface area (Å²) in [6.07, 6.45) is 0. The standard InChI is InChI=1S/Al.Cu.Fe.Ni.Ti. The maximum Gasteiger partial charge on any atom is 0 e. The van der Waals surface area contributed by atoms with Gasteiger partial charge >= 0.3 is 0 Å². The van der Waals surface area contributed by atoms with Gasteiger partial charge in [-0.2, -0.15) is 0 Å². The molecule has 0 aliphatic heterocycles. The summed E-state index contributed by atoms with van der Waals surface area (Å²) in [6.45, 7) is 0. The molecule has 0 saturated carbocycles. The van der Waals surface area contributed by atoms with Crippen LogP contribution in [-0.2, 0) is 72.3 Å². The largest absolute Gasteiger partial charge is 0 e. The van der Waals surface area contributed by atoms with E-state index in [0.29, 0.717) is 0 Å². The molecule has 0 aliphatic carbocycles. The quantitative estimate of drug-likeness (QED) is 0.516. The molecule has 0 amide bonds. The Morgan fingerprint density at radius 1 is 1.00 bits per heavy atom. The Balaban J connectivity index is 0. The molecule has 0 rings (SSSR count). The summed E-state index contributed by atoms with van der Waals surface area (Å²) in [7, 11) is 0. The summed E-state index contributed by atoms with van der Waals surface area (Å²) in [5.74, 6) is 0. The van der Waals surface area contributed by atoms with Gasteiger partial charge < -0.3 is 0 Å². The second kappa shape index (κ2) is 29.3. The van der Waals surface area contributed by atoms with Gasteiger partial charge in [0.15, 0.2) is 0 Å². The van der Waals surface area contributed by atoms with Gasteiger partial charge in [-0.05, 0) is 0 Å².